The highest BCUT2D eigenvalue weighted by Gasteiger charge is 2.34. The Morgan fingerprint density at radius 3 is 2.50 bits per heavy atom. The molecule has 32 heavy (non-hydrogen) atoms. The highest BCUT2D eigenvalue weighted by atomic mass is 127. The number of rotatable bonds is 8. The standard InChI is InChI=1S/C25H36N4OS.HI/c1-2-26-24(27-19-22(23-11-8-18-31-23)29-14-6-7-15-29)28-20-25(12-16-30-17-13-25)21-9-4-3-5-10-21;/h3-5,8-11,18,22H,2,6-7,12-17,19-20H2,1H3,(H2,26,27,28);1H. The van der Waals surface area contributed by atoms with Gasteiger partial charge in [0.1, 0.15) is 0 Å². The van der Waals surface area contributed by atoms with Crippen LogP contribution < -0.4 is 10.6 Å². The van der Waals surface area contributed by atoms with E-state index < -0.39 is 0 Å². The number of ether oxygens (including phenoxy) is 1. The van der Waals surface area contributed by atoms with Gasteiger partial charge in [0.05, 0.1) is 12.6 Å². The van der Waals surface area contributed by atoms with Crippen LogP contribution in [0.1, 0.15) is 49.1 Å². The quantitative estimate of drug-likeness (QED) is 0.273. The van der Waals surface area contributed by atoms with Gasteiger partial charge < -0.3 is 15.4 Å². The zero-order chi connectivity index (χ0) is 21.4. The molecule has 2 aliphatic heterocycles. The normalized spacial score (nSPS) is 19.8. The van der Waals surface area contributed by atoms with Crippen LogP contribution in [0.5, 0.6) is 0 Å². The molecule has 0 radical (unpaired) electrons. The van der Waals surface area contributed by atoms with Gasteiger partial charge in [0.25, 0.3) is 0 Å². The predicted octanol–water partition coefficient (Wildman–Crippen LogP) is 4.81. The van der Waals surface area contributed by atoms with Crippen LogP contribution in [-0.2, 0) is 10.2 Å². The Kier molecular flexibility index (Phi) is 10.3. The fourth-order valence-electron chi connectivity index (χ4n) is 4.80. The van der Waals surface area contributed by atoms with Gasteiger partial charge in [-0.3, -0.25) is 9.89 Å². The van der Waals surface area contributed by atoms with Gasteiger partial charge in [0.15, 0.2) is 5.96 Å². The van der Waals surface area contributed by atoms with Gasteiger partial charge in [-0.1, -0.05) is 36.4 Å². The third kappa shape index (κ3) is 6.46. The van der Waals surface area contributed by atoms with E-state index >= 15 is 0 Å². The molecule has 2 N–H and O–H groups in total. The van der Waals surface area contributed by atoms with Gasteiger partial charge in [0.2, 0.25) is 0 Å². The molecule has 1 unspecified atom stereocenters. The van der Waals surface area contributed by atoms with Crippen molar-refractivity contribution in [2.45, 2.75) is 44.1 Å². The number of nitrogens with zero attached hydrogens (tertiary/aromatic N) is 2. The molecule has 2 saturated heterocycles. The molecule has 2 aromatic rings. The fourth-order valence-corrected chi connectivity index (χ4v) is 5.66. The van der Waals surface area contributed by atoms with E-state index in [9.17, 15) is 0 Å². The van der Waals surface area contributed by atoms with Crippen molar-refractivity contribution in [2.24, 2.45) is 4.99 Å². The summed E-state index contributed by atoms with van der Waals surface area (Å²) in [5.41, 5.74) is 1.44. The van der Waals surface area contributed by atoms with Crippen LogP contribution in [-0.4, -0.2) is 56.8 Å². The molecule has 2 fully saturated rings. The lowest BCUT2D eigenvalue weighted by atomic mass is 9.74. The minimum Gasteiger partial charge on any atom is -0.381 e. The van der Waals surface area contributed by atoms with E-state index in [1.165, 1.54) is 36.4 Å². The molecule has 3 heterocycles. The summed E-state index contributed by atoms with van der Waals surface area (Å²) < 4.78 is 5.69. The zero-order valence-electron chi connectivity index (χ0n) is 19.1. The van der Waals surface area contributed by atoms with Crippen molar-refractivity contribution in [1.29, 1.82) is 0 Å². The number of halogens is 1. The Bertz CT molecular complexity index is 803. The van der Waals surface area contributed by atoms with Gasteiger partial charge >= 0.3 is 0 Å². The van der Waals surface area contributed by atoms with Crippen LogP contribution in [0, 0.1) is 0 Å². The first-order chi connectivity index (χ1) is 15.3. The minimum atomic E-state index is 0. The third-order valence-corrected chi connectivity index (χ3v) is 7.61. The van der Waals surface area contributed by atoms with Gasteiger partial charge in [-0.05, 0) is 62.7 Å². The van der Waals surface area contributed by atoms with Crippen LogP contribution in [0.25, 0.3) is 0 Å². The van der Waals surface area contributed by atoms with E-state index in [0.29, 0.717) is 6.04 Å². The minimum absolute atomic E-state index is 0. The second kappa shape index (κ2) is 12.9. The number of benzene rings is 1. The lowest BCUT2D eigenvalue weighted by Gasteiger charge is -2.36. The molecule has 176 valence electrons. The maximum Gasteiger partial charge on any atom is 0.191 e. The second-order valence-corrected chi connectivity index (χ2v) is 9.59. The smallest absolute Gasteiger partial charge is 0.191 e. The largest absolute Gasteiger partial charge is 0.381 e. The average Bonchev–Trinajstić information content (AvgIpc) is 3.54. The van der Waals surface area contributed by atoms with E-state index in [-0.39, 0.29) is 29.4 Å². The molecule has 0 saturated carbocycles. The monoisotopic (exact) mass is 568 g/mol. The molecule has 4 rings (SSSR count). The summed E-state index contributed by atoms with van der Waals surface area (Å²) in [5, 5.41) is 9.33. The second-order valence-electron chi connectivity index (χ2n) is 8.61. The Hall–Kier alpha value is -1.16. The SMILES string of the molecule is CCNC(=NCC1(c2ccccc2)CCOCC1)NCC(c1cccs1)N1CCCC1.I. The number of likely N-dealkylation sites (tertiary alicyclic amines) is 1. The molecular weight excluding hydrogens is 531 g/mol. The first-order valence-corrected chi connectivity index (χ1v) is 12.6. The van der Waals surface area contributed by atoms with Gasteiger partial charge in [-0.15, -0.1) is 35.3 Å². The summed E-state index contributed by atoms with van der Waals surface area (Å²) in [6.07, 6.45) is 4.65. The van der Waals surface area contributed by atoms with Gasteiger partial charge in [-0.2, -0.15) is 0 Å². The highest BCUT2D eigenvalue weighted by Crippen LogP contribution is 2.35. The van der Waals surface area contributed by atoms with Crippen LogP contribution >= 0.6 is 35.3 Å². The average molecular weight is 569 g/mol. The van der Waals surface area contributed by atoms with Crippen molar-refractivity contribution in [3.05, 3.63) is 58.3 Å². The summed E-state index contributed by atoms with van der Waals surface area (Å²) in [6, 6.07) is 15.7. The van der Waals surface area contributed by atoms with E-state index in [2.05, 4.69) is 70.3 Å². The summed E-state index contributed by atoms with van der Waals surface area (Å²) in [4.78, 5) is 9.15. The Morgan fingerprint density at radius 1 is 1.09 bits per heavy atom. The third-order valence-electron chi connectivity index (χ3n) is 6.64. The Labute approximate surface area is 214 Å². The van der Waals surface area contributed by atoms with E-state index in [0.717, 1.165) is 51.6 Å². The number of hydrogen-bond donors (Lipinski definition) is 2. The molecule has 0 amide bonds. The Morgan fingerprint density at radius 2 is 1.84 bits per heavy atom. The van der Waals surface area contributed by atoms with Crippen molar-refractivity contribution in [3.8, 4) is 0 Å². The van der Waals surface area contributed by atoms with E-state index in [4.69, 9.17) is 9.73 Å². The van der Waals surface area contributed by atoms with Crippen molar-refractivity contribution in [3.63, 3.8) is 0 Å². The topological polar surface area (TPSA) is 48.9 Å². The molecule has 7 heteroatoms. The maximum atomic E-state index is 5.69. The van der Waals surface area contributed by atoms with Crippen molar-refractivity contribution >= 4 is 41.3 Å². The molecule has 0 aliphatic carbocycles. The maximum absolute atomic E-state index is 5.69. The lowest BCUT2D eigenvalue weighted by molar-refractivity contribution is 0.0531. The molecule has 1 atom stereocenters. The van der Waals surface area contributed by atoms with Gasteiger partial charge in [0, 0.05) is 36.6 Å². The van der Waals surface area contributed by atoms with Gasteiger partial charge in [-0.25, -0.2) is 0 Å². The molecule has 0 spiro atoms. The number of guanidine groups is 1. The predicted molar refractivity (Wildman–Crippen MR) is 145 cm³/mol. The number of aliphatic imine (C=N–C) groups is 1. The summed E-state index contributed by atoms with van der Waals surface area (Å²) in [7, 11) is 0. The summed E-state index contributed by atoms with van der Waals surface area (Å²) in [6.45, 7) is 8.66. The highest BCUT2D eigenvalue weighted by molar-refractivity contribution is 14.0. The number of hydrogen-bond acceptors (Lipinski definition) is 4. The number of thiophene rings is 1. The van der Waals surface area contributed by atoms with E-state index in [1.54, 1.807) is 0 Å². The summed E-state index contributed by atoms with van der Waals surface area (Å²) in [5.74, 6) is 0.921. The molecule has 0 bridgehead atoms. The van der Waals surface area contributed by atoms with Crippen molar-refractivity contribution in [1.82, 2.24) is 15.5 Å². The van der Waals surface area contributed by atoms with Crippen LogP contribution in [0.4, 0.5) is 0 Å². The molecule has 1 aromatic heterocycles. The summed E-state index contributed by atoms with van der Waals surface area (Å²) >= 11 is 1.86. The first-order valence-electron chi connectivity index (χ1n) is 11.7. The van der Waals surface area contributed by atoms with Crippen LogP contribution in [0.3, 0.4) is 0 Å². The van der Waals surface area contributed by atoms with Crippen LogP contribution in [0.2, 0.25) is 0 Å². The molecule has 1 aromatic carbocycles. The first kappa shape index (κ1) is 25.5. The van der Waals surface area contributed by atoms with E-state index in [1.807, 2.05) is 11.3 Å². The molecular formula is C25H37IN4OS. The van der Waals surface area contributed by atoms with Crippen LogP contribution in [0.15, 0.2) is 52.8 Å². The molecule has 5 nitrogen and oxygen atoms in total. The fraction of sp³-hybridized carbons (Fsp3) is 0.560. The lowest BCUT2D eigenvalue weighted by Crippen LogP contribution is -2.44. The Balaban J connectivity index is 0.00000289. The number of nitrogens with one attached hydrogen (secondary N) is 2. The van der Waals surface area contributed by atoms with Crippen molar-refractivity contribution in [2.75, 3.05) is 45.9 Å². The zero-order valence-corrected chi connectivity index (χ0v) is 22.2. The molecule has 2 aliphatic rings. The van der Waals surface area contributed by atoms with Crippen molar-refractivity contribution < 1.29 is 4.74 Å².